The van der Waals surface area contributed by atoms with Crippen molar-refractivity contribution in [1.82, 2.24) is 0 Å². The molecule has 0 unspecified atom stereocenters. The lowest BCUT2D eigenvalue weighted by molar-refractivity contribution is 0.0696. The van der Waals surface area contributed by atoms with Gasteiger partial charge >= 0.3 is 5.97 Å². The van der Waals surface area contributed by atoms with Crippen LogP contribution in [0, 0.1) is 13.8 Å². The van der Waals surface area contributed by atoms with E-state index in [1.807, 2.05) is 13.0 Å². The minimum absolute atomic E-state index is 0.430. The number of carboxylic acid groups (broad SMARTS) is 1. The van der Waals surface area contributed by atoms with Crippen LogP contribution in [0.4, 0.5) is 0 Å². The van der Waals surface area contributed by atoms with E-state index in [1.54, 1.807) is 6.07 Å². The van der Waals surface area contributed by atoms with Crippen LogP contribution in [0.2, 0.25) is 0 Å². The number of unbranched alkanes of at least 4 members (excludes halogenated alkanes) is 14. The number of hydrogen-bond donors (Lipinski definition) is 1. The predicted molar refractivity (Wildman–Crippen MR) is 122 cm³/mol. The van der Waals surface area contributed by atoms with Gasteiger partial charge in [-0.3, -0.25) is 0 Å². The van der Waals surface area contributed by atoms with Gasteiger partial charge in [0.1, 0.15) is 0 Å². The van der Waals surface area contributed by atoms with Crippen LogP contribution in [0.1, 0.15) is 130 Å². The minimum atomic E-state index is -0.819. The number of aromatic carboxylic acids is 1. The Hall–Kier alpha value is -1.31. The van der Waals surface area contributed by atoms with Gasteiger partial charge in [0.25, 0.3) is 0 Å². The number of aryl methyl sites for hydroxylation is 2. The highest BCUT2D eigenvalue weighted by molar-refractivity contribution is 5.88. The van der Waals surface area contributed by atoms with Crippen LogP contribution < -0.4 is 0 Å². The normalized spacial score (nSPS) is 11.1. The fourth-order valence-corrected chi connectivity index (χ4v) is 4.00. The molecule has 160 valence electrons. The van der Waals surface area contributed by atoms with E-state index in [9.17, 15) is 9.90 Å². The monoisotopic (exact) mass is 388 g/mol. The fourth-order valence-electron chi connectivity index (χ4n) is 4.00. The molecule has 2 heteroatoms. The summed E-state index contributed by atoms with van der Waals surface area (Å²) in [6.07, 6.45) is 21.6. The molecule has 0 bridgehead atoms. The number of rotatable bonds is 17. The van der Waals surface area contributed by atoms with E-state index in [0.717, 1.165) is 12.0 Å². The van der Waals surface area contributed by atoms with Gasteiger partial charge in [0, 0.05) is 0 Å². The standard InChI is InChI=1S/C26H44O2/c1-4-5-6-7-8-9-10-11-12-13-14-15-16-17-18-19-24-21-25(26(27)28)20-22(2)23(24)3/h20-21H,4-19H2,1-3H3,(H,27,28). The van der Waals surface area contributed by atoms with Crippen LogP contribution in [0.5, 0.6) is 0 Å². The summed E-state index contributed by atoms with van der Waals surface area (Å²) in [6, 6.07) is 3.65. The van der Waals surface area contributed by atoms with E-state index >= 15 is 0 Å². The van der Waals surface area contributed by atoms with Gasteiger partial charge in [-0.2, -0.15) is 0 Å². The van der Waals surface area contributed by atoms with Crippen molar-refractivity contribution in [3.63, 3.8) is 0 Å². The van der Waals surface area contributed by atoms with Crippen molar-refractivity contribution in [2.24, 2.45) is 0 Å². The van der Waals surface area contributed by atoms with E-state index in [2.05, 4.69) is 13.8 Å². The molecule has 0 radical (unpaired) electrons. The molecular formula is C26H44O2. The van der Waals surface area contributed by atoms with E-state index in [-0.39, 0.29) is 0 Å². The molecule has 0 saturated carbocycles. The van der Waals surface area contributed by atoms with Crippen molar-refractivity contribution in [3.05, 3.63) is 34.4 Å². The first-order chi connectivity index (χ1) is 13.6. The van der Waals surface area contributed by atoms with Gasteiger partial charge in [-0.15, -0.1) is 0 Å². The zero-order valence-electron chi connectivity index (χ0n) is 18.8. The molecule has 0 saturated heterocycles. The molecule has 0 aliphatic carbocycles. The quantitative estimate of drug-likeness (QED) is 0.272. The summed E-state index contributed by atoms with van der Waals surface area (Å²) in [6.45, 7) is 6.40. The Morgan fingerprint density at radius 1 is 0.714 bits per heavy atom. The summed E-state index contributed by atoms with van der Waals surface area (Å²) in [7, 11) is 0. The van der Waals surface area contributed by atoms with Gasteiger partial charge in [-0.1, -0.05) is 96.8 Å². The van der Waals surface area contributed by atoms with Crippen LogP contribution in [-0.4, -0.2) is 11.1 Å². The summed E-state index contributed by atoms with van der Waals surface area (Å²) in [5.41, 5.74) is 4.00. The first-order valence-electron chi connectivity index (χ1n) is 11.9. The average Bonchev–Trinajstić information content (AvgIpc) is 2.67. The Morgan fingerprint density at radius 2 is 1.14 bits per heavy atom. The van der Waals surface area contributed by atoms with Crippen molar-refractivity contribution in [2.45, 2.75) is 124 Å². The second kappa shape index (κ2) is 15.6. The summed E-state index contributed by atoms with van der Waals surface area (Å²) in [4.78, 5) is 11.2. The number of carboxylic acids is 1. The lowest BCUT2D eigenvalue weighted by atomic mass is 9.95. The van der Waals surface area contributed by atoms with E-state index in [1.165, 1.54) is 107 Å². The minimum Gasteiger partial charge on any atom is -0.478 e. The van der Waals surface area contributed by atoms with Crippen molar-refractivity contribution in [1.29, 1.82) is 0 Å². The molecule has 0 heterocycles. The number of benzene rings is 1. The van der Waals surface area contributed by atoms with Gasteiger partial charge in [-0.25, -0.2) is 4.79 Å². The van der Waals surface area contributed by atoms with Crippen molar-refractivity contribution in [2.75, 3.05) is 0 Å². The SMILES string of the molecule is CCCCCCCCCCCCCCCCCc1cc(C(=O)O)cc(C)c1C. The highest BCUT2D eigenvalue weighted by atomic mass is 16.4. The topological polar surface area (TPSA) is 37.3 Å². The Morgan fingerprint density at radius 3 is 1.57 bits per heavy atom. The zero-order valence-corrected chi connectivity index (χ0v) is 18.8. The molecule has 1 rings (SSSR count). The van der Waals surface area contributed by atoms with Crippen LogP contribution in [0.3, 0.4) is 0 Å². The largest absolute Gasteiger partial charge is 0.478 e. The van der Waals surface area contributed by atoms with Gasteiger partial charge in [-0.05, 0) is 55.5 Å². The van der Waals surface area contributed by atoms with Gasteiger partial charge in [0.05, 0.1) is 5.56 Å². The molecule has 0 amide bonds. The highest BCUT2D eigenvalue weighted by Gasteiger charge is 2.09. The van der Waals surface area contributed by atoms with E-state index in [4.69, 9.17) is 0 Å². The maximum atomic E-state index is 11.2. The Balaban J connectivity index is 1.99. The second-order valence-corrected chi connectivity index (χ2v) is 8.58. The smallest absolute Gasteiger partial charge is 0.335 e. The molecule has 0 aliphatic rings. The molecule has 0 fully saturated rings. The third kappa shape index (κ3) is 10.9. The van der Waals surface area contributed by atoms with E-state index in [0.29, 0.717) is 5.56 Å². The lowest BCUT2D eigenvalue weighted by Gasteiger charge is -2.10. The third-order valence-corrected chi connectivity index (χ3v) is 6.07. The second-order valence-electron chi connectivity index (χ2n) is 8.58. The number of carbonyl (C=O) groups is 1. The first kappa shape index (κ1) is 24.7. The fraction of sp³-hybridized carbons (Fsp3) is 0.731. The molecule has 0 spiro atoms. The van der Waals surface area contributed by atoms with Crippen LogP contribution in [0.15, 0.2) is 12.1 Å². The van der Waals surface area contributed by atoms with E-state index < -0.39 is 5.97 Å². The molecule has 1 aromatic carbocycles. The summed E-state index contributed by atoms with van der Waals surface area (Å²) >= 11 is 0. The average molecular weight is 389 g/mol. The zero-order chi connectivity index (χ0) is 20.6. The molecule has 28 heavy (non-hydrogen) atoms. The predicted octanol–water partition coefficient (Wildman–Crippen LogP) is 8.42. The van der Waals surface area contributed by atoms with Crippen molar-refractivity contribution >= 4 is 5.97 Å². The summed E-state index contributed by atoms with van der Waals surface area (Å²) in [5, 5.41) is 9.23. The van der Waals surface area contributed by atoms with Gasteiger partial charge in [0.2, 0.25) is 0 Å². The summed E-state index contributed by atoms with van der Waals surface area (Å²) in [5.74, 6) is -0.819. The third-order valence-electron chi connectivity index (χ3n) is 6.07. The van der Waals surface area contributed by atoms with Crippen LogP contribution >= 0.6 is 0 Å². The first-order valence-corrected chi connectivity index (χ1v) is 11.9. The maximum absolute atomic E-state index is 11.2. The van der Waals surface area contributed by atoms with Gasteiger partial charge < -0.3 is 5.11 Å². The van der Waals surface area contributed by atoms with Gasteiger partial charge in [0.15, 0.2) is 0 Å². The Kier molecular flexibility index (Phi) is 13.8. The molecule has 0 aliphatic heterocycles. The van der Waals surface area contributed by atoms with Crippen LogP contribution in [-0.2, 0) is 6.42 Å². The molecule has 1 aromatic rings. The van der Waals surface area contributed by atoms with Crippen LogP contribution in [0.25, 0.3) is 0 Å². The molecule has 0 aromatic heterocycles. The number of hydrogen-bond acceptors (Lipinski definition) is 1. The Labute approximate surface area is 174 Å². The summed E-state index contributed by atoms with van der Waals surface area (Å²) < 4.78 is 0. The Bertz CT molecular complexity index is 548. The van der Waals surface area contributed by atoms with Crippen molar-refractivity contribution < 1.29 is 9.90 Å². The highest BCUT2D eigenvalue weighted by Crippen LogP contribution is 2.20. The maximum Gasteiger partial charge on any atom is 0.335 e. The molecule has 2 nitrogen and oxygen atoms in total. The molecular weight excluding hydrogens is 344 g/mol. The molecule has 0 atom stereocenters. The molecule has 1 N–H and O–H groups in total. The van der Waals surface area contributed by atoms with Crippen molar-refractivity contribution in [3.8, 4) is 0 Å². The lowest BCUT2D eigenvalue weighted by Crippen LogP contribution is -2.02.